The zero-order chi connectivity index (χ0) is 11.7. The molecule has 1 aromatic rings. The smallest absolute Gasteiger partial charge is 0.225 e. The zero-order valence-corrected chi connectivity index (χ0v) is 11.0. The maximum Gasteiger partial charge on any atom is 0.225 e. The second-order valence-electron chi connectivity index (χ2n) is 4.67. The Morgan fingerprint density at radius 3 is 2.88 bits per heavy atom. The average molecular weight is 240 g/mol. The molecule has 1 N–H and O–H groups in total. The minimum atomic E-state index is 0.556. The van der Waals surface area contributed by atoms with Crippen LogP contribution in [-0.4, -0.2) is 27.9 Å². The number of anilines is 1. The number of hydrogen-bond donors (Lipinski definition) is 1. The third-order valence-electron chi connectivity index (χ3n) is 3.42. The average Bonchev–Trinajstić information content (AvgIpc) is 3.05. The molecular weight excluding hydrogens is 220 g/mol. The zero-order valence-electron chi connectivity index (χ0n) is 10.2. The van der Waals surface area contributed by atoms with Crippen molar-refractivity contribution in [3.63, 3.8) is 0 Å². The van der Waals surface area contributed by atoms with Crippen molar-refractivity contribution in [1.82, 2.24) is 14.8 Å². The normalized spacial score (nSPS) is 17.4. The molecule has 1 aliphatic carbocycles. The number of rotatable bonds is 5. The SMILES string of the molecule is CCCn1c(N(C)C(C)C2CC2)n[nH]c1=S. The highest BCUT2D eigenvalue weighted by Gasteiger charge is 2.32. The van der Waals surface area contributed by atoms with Crippen molar-refractivity contribution in [3.05, 3.63) is 4.77 Å². The van der Waals surface area contributed by atoms with Crippen molar-refractivity contribution in [2.45, 2.75) is 45.7 Å². The molecule has 16 heavy (non-hydrogen) atoms. The highest BCUT2D eigenvalue weighted by molar-refractivity contribution is 7.71. The molecule has 1 aliphatic rings. The lowest BCUT2D eigenvalue weighted by molar-refractivity contribution is 0.572. The van der Waals surface area contributed by atoms with Crippen LogP contribution in [0.4, 0.5) is 5.95 Å². The van der Waals surface area contributed by atoms with E-state index in [2.05, 4.69) is 40.6 Å². The molecule has 90 valence electrons. The van der Waals surface area contributed by atoms with E-state index in [9.17, 15) is 0 Å². The summed E-state index contributed by atoms with van der Waals surface area (Å²) in [6.07, 6.45) is 3.78. The number of aromatic nitrogens is 3. The number of nitrogens with one attached hydrogen (secondary N) is 1. The molecule has 0 amide bonds. The van der Waals surface area contributed by atoms with Crippen LogP contribution in [0.15, 0.2) is 0 Å². The van der Waals surface area contributed by atoms with Crippen molar-refractivity contribution in [3.8, 4) is 0 Å². The summed E-state index contributed by atoms with van der Waals surface area (Å²) in [5, 5.41) is 7.23. The molecule has 2 rings (SSSR count). The molecule has 0 saturated heterocycles. The van der Waals surface area contributed by atoms with Crippen molar-refractivity contribution in [2.75, 3.05) is 11.9 Å². The van der Waals surface area contributed by atoms with Gasteiger partial charge < -0.3 is 4.90 Å². The van der Waals surface area contributed by atoms with E-state index >= 15 is 0 Å². The topological polar surface area (TPSA) is 36.9 Å². The molecule has 5 heteroatoms. The Balaban J connectivity index is 2.21. The molecule has 0 aliphatic heterocycles. The first-order valence-corrected chi connectivity index (χ1v) is 6.44. The van der Waals surface area contributed by atoms with Crippen LogP contribution in [0, 0.1) is 10.7 Å². The van der Waals surface area contributed by atoms with Crippen LogP contribution in [0.25, 0.3) is 0 Å². The lowest BCUT2D eigenvalue weighted by Gasteiger charge is -2.25. The molecule has 1 atom stereocenters. The first-order valence-electron chi connectivity index (χ1n) is 6.03. The van der Waals surface area contributed by atoms with E-state index in [0.717, 1.165) is 29.6 Å². The summed E-state index contributed by atoms with van der Waals surface area (Å²) in [4.78, 5) is 2.25. The Hall–Kier alpha value is -0.840. The van der Waals surface area contributed by atoms with Gasteiger partial charge in [0, 0.05) is 19.6 Å². The molecule has 1 fully saturated rings. The number of nitrogens with zero attached hydrogens (tertiary/aromatic N) is 3. The Morgan fingerprint density at radius 2 is 2.31 bits per heavy atom. The molecular formula is C11H20N4S. The van der Waals surface area contributed by atoms with E-state index in [1.54, 1.807) is 0 Å². The molecule has 0 radical (unpaired) electrons. The van der Waals surface area contributed by atoms with Gasteiger partial charge in [0.1, 0.15) is 0 Å². The molecule has 1 unspecified atom stereocenters. The van der Waals surface area contributed by atoms with Gasteiger partial charge in [-0.2, -0.15) is 0 Å². The van der Waals surface area contributed by atoms with E-state index in [1.165, 1.54) is 12.8 Å². The first-order chi connectivity index (χ1) is 7.65. The molecule has 1 saturated carbocycles. The second kappa shape index (κ2) is 4.57. The molecule has 0 aromatic carbocycles. The van der Waals surface area contributed by atoms with E-state index in [0.29, 0.717) is 6.04 Å². The van der Waals surface area contributed by atoms with Gasteiger partial charge in [0.05, 0.1) is 0 Å². The molecule has 0 spiro atoms. The van der Waals surface area contributed by atoms with Gasteiger partial charge in [-0.15, -0.1) is 5.10 Å². The van der Waals surface area contributed by atoms with Gasteiger partial charge in [-0.25, -0.2) is 5.10 Å². The van der Waals surface area contributed by atoms with Crippen molar-refractivity contribution < 1.29 is 0 Å². The molecule has 4 nitrogen and oxygen atoms in total. The maximum absolute atomic E-state index is 5.24. The highest BCUT2D eigenvalue weighted by Crippen LogP contribution is 2.35. The van der Waals surface area contributed by atoms with Crippen molar-refractivity contribution >= 4 is 18.2 Å². The number of aromatic amines is 1. The summed E-state index contributed by atoms with van der Waals surface area (Å²) < 4.78 is 2.82. The van der Waals surface area contributed by atoms with Crippen LogP contribution >= 0.6 is 12.2 Å². The number of H-pyrrole nitrogens is 1. The Kier molecular flexibility index (Phi) is 3.33. The first kappa shape index (κ1) is 11.6. The predicted molar refractivity (Wildman–Crippen MR) is 68.3 cm³/mol. The highest BCUT2D eigenvalue weighted by atomic mass is 32.1. The molecule has 0 bridgehead atoms. The second-order valence-corrected chi connectivity index (χ2v) is 5.06. The van der Waals surface area contributed by atoms with Gasteiger partial charge in [0.15, 0.2) is 4.77 Å². The van der Waals surface area contributed by atoms with Crippen LogP contribution in [0.2, 0.25) is 0 Å². The van der Waals surface area contributed by atoms with Gasteiger partial charge in [-0.3, -0.25) is 4.57 Å². The fourth-order valence-electron chi connectivity index (χ4n) is 2.08. The minimum Gasteiger partial charge on any atom is -0.341 e. The number of hydrogen-bond acceptors (Lipinski definition) is 3. The van der Waals surface area contributed by atoms with Crippen molar-refractivity contribution in [2.24, 2.45) is 5.92 Å². The Labute approximate surface area is 102 Å². The summed E-state index contributed by atoms with van der Waals surface area (Å²) in [6, 6.07) is 0.556. The third-order valence-corrected chi connectivity index (χ3v) is 3.73. The third kappa shape index (κ3) is 2.14. The quantitative estimate of drug-likeness (QED) is 0.804. The summed E-state index contributed by atoms with van der Waals surface area (Å²) >= 11 is 5.24. The molecule has 1 heterocycles. The monoisotopic (exact) mass is 240 g/mol. The largest absolute Gasteiger partial charge is 0.341 e. The van der Waals surface area contributed by atoms with E-state index in [-0.39, 0.29) is 0 Å². The van der Waals surface area contributed by atoms with E-state index in [1.807, 2.05) is 0 Å². The fourth-order valence-corrected chi connectivity index (χ4v) is 2.30. The van der Waals surface area contributed by atoms with Gasteiger partial charge >= 0.3 is 0 Å². The maximum atomic E-state index is 5.24. The van der Waals surface area contributed by atoms with E-state index in [4.69, 9.17) is 12.2 Å². The van der Waals surface area contributed by atoms with Crippen LogP contribution in [-0.2, 0) is 6.54 Å². The Bertz CT molecular complexity index is 404. The summed E-state index contributed by atoms with van der Waals surface area (Å²) in [6.45, 7) is 5.36. The van der Waals surface area contributed by atoms with Crippen LogP contribution in [0.3, 0.4) is 0 Å². The van der Waals surface area contributed by atoms with E-state index < -0.39 is 0 Å². The lowest BCUT2D eigenvalue weighted by Crippen LogP contribution is -2.33. The van der Waals surface area contributed by atoms with Crippen LogP contribution < -0.4 is 4.90 Å². The van der Waals surface area contributed by atoms with Gasteiger partial charge in [-0.1, -0.05) is 6.92 Å². The van der Waals surface area contributed by atoms with Crippen LogP contribution in [0.5, 0.6) is 0 Å². The minimum absolute atomic E-state index is 0.556. The Morgan fingerprint density at radius 1 is 1.62 bits per heavy atom. The van der Waals surface area contributed by atoms with Crippen LogP contribution in [0.1, 0.15) is 33.1 Å². The van der Waals surface area contributed by atoms with Gasteiger partial charge in [-0.05, 0) is 44.3 Å². The standard InChI is InChI=1S/C11H20N4S/c1-4-7-15-10(12-13-11(15)16)14(3)8(2)9-5-6-9/h8-9H,4-7H2,1-3H3,(H,13,16). The lowest BCUT2D eigenvalue weighted by atomic mass is 10.2. The van der Waals surface area contributed by atoms with Gasteiger partial charge in [0.25, 0.3) is 0 Å². The summed E-state index contributed by atoms with van der Waals surface area (Å²) in [5.74, 6) is 1.82. The predicted octanol–water partition coefficient (Wildman–Crippen LogP) is 2.59. The fraction of sp³-hybridized carbons (Fsp3) is 0.818. The van der Waals surface area contributed by atoms with Gasteiger partial charge in [0.2, 0.25) is 5.95 Å². The summed E-state index contributed by atoms with van der Waals surface area (Å²) in [7, 11) is 2.11. The molecule has 1 aromatic heterocycles. The summed E-state index contributed by atoms with van der Waals surface area (Å²) in [5.41, 5.74) is 0. The van der Waals surface area contributed by atoms with Crippen molar-refractivity contribution in [1.29, 1.82) is 0 Å².